The minimum Gasteiger partial charge on any atom is -0.297 e. The second kappa shape index (κ2) is 8.59. The average molecular weight is 379 g/mol. The highest BCUT2D eigenvalue weighted by atomic mass is 19.1. The second-order valence-corrected chi connectivity index (χ2v) is 7.17. The Hall–Kier alpha value is -2.63. The Morgan fingerprint density at radius 2 is 1.21 bits per heavy atom. The molecule has 0 radical (unpaired) electrons. The van der Waals surface area contributed by atoms with E-state index in [0.29, 0.717) is 0 Å². The Morgan fingerprint density at radius 3 is 1.71 bits per heavy atom. The maximum atomic E-state index is 13.4. The van der Waals surface area contributed by atoms with Crippen LogP contribution in [0.25, 0.3) is 0 Å². The van der Waals surface area contributed by atoms with E-state index in [2.05, 4.69) is 14.8 Å². The van der Waals surface area contributed by atoms with Crippen molar-refractivity contribution in [2.24, 2.45) is 0 Å². The van der Waals surface area contributed by atoms with E-state index in [1.807, 2.05) is 48.8 Å². The lowest BCUT2D eigenvalue weighted by Gasteiger charge is -2.39. The van der Waals surface area contributed by atoms with Crippen LogP contribution in [0.4, 0.5) is 8.78 Å². The molecule has 0 N–H and O–H groups in total. The van der Waals surface area contributed by atoms with Crippen LogP contribution in [-0.4, -0.2) is 41.0 Å². The van der Waals surface area contributed by atoms with Gasteiger partial charge in [0.05, 0.1) is 6.04 Å². The molecule has 2 heterocycles. The molecule has 3 nitrogen and oxygen atoms in total. The Labute approximate surface area is 164 Å². The zero-order valence-electron chi connectivity index (χ0n) is 15.6. The Kier molecular flexibility index (Phi) is 5.74. The normalized spacial score (nSPS) is 15.8. The number of pyridine rings is 1. The van der Waals surface area contributed by atoms with Gasteiger partial charge in [-0.1, -0.05) is 24.3 Å². The molecule has 1 saturated heterocycles. The number of halogens is 2. The van der Waals surface area contributed by atoms with Crippen LogP contribution in [0.3, 0.4) is 0 Å². The largest absolute Gasteiger partial charge is 0.297 e. The van der Waals surface area contributed by atoms with E-state index in [1.165, 1.54) is 29.8 Å². The van der Waals surface area contributed by atoms with Crippen LogP contribution >= 0.6 is 0 Å². The summed E-state index contributed by atoms with van der Waals surface area (Å²) in [5.74, 6) is -0.493. The van der Waals surface area contributed by atoms with Crippen LogP contribution in [0.1, 0.15) is 22.7 Å². The molecule has 0 saturated carbocycles. The topological polar surface area (TPSA) is 19.4 Å². The van der Waals surface area contributed by atoms with Crippen LogP contribution in [-0.2, 0) is 6.54 Å². The molecule has 0 bridgehead atoms. The highest BCUT2D eigenvalue weighted by Crippen LogP contribution is 2.30. The van der Waals surface area contributed by atoms with Crippen LogP contribution in [0.15, 0.2) is 73.1 Å². The minimum absolute atomic E-state index is 0.00993. The number of benzene rings is 2. The summed E-state index contributed by atoms with van der Waals surface area (Å²) >= 11 is 0. The van der Waals surface area contributed by atoms with Gasteiger partial charge in [-0.3, -0.25) is 14.8 Å². The number of hydrogen-bond donors (Lipinski definition) is 0. The van der Waals surface area contributed by atoms with Gasteiger partial charge in [0.25, 0.3) is 0 Å². The molecular weight excluding hydrogens is 356 g/mol. The molecule has 1 fully saturated rings. The van der Waals surface area contributed by atoms with E-state index in [1.54, 1.807) is 0 Å². The fourth-order valence-corrected chi connectivity index (χ4v) is 3.83. The smallest absolute Gasteiger partial charge is 0.123 e. The first-order chi connectivity index (χ1) is 13.7. The van der Waals surface area contributed by atoms with Gasteiger partial charge in [0, 0.05) is 45.1 Å². The molecule has 3 aromatic rings. The molecule has 0 atom stereocenters. The van der Waals surface area contributed by atoms with E-state index >= 15 is 0 Å². The Bertz CT molecular complexity index is 828. The predicted octanol–water partition coefficient (Wildman–Crippen LogP) is 4.27. The van der Waals surface area contributed by atoms with Gasteiger partial charge in [0.15, 0.2) is 0 Å². The maximum Gasteiger partial charge on any atom is 0.123 e. The minimum atomic E-state index is -0.247. The Balaban J connectivity index is 1.51. The lowest BCUT2D eigenvalue weighted by atomic mass is 9.96. The number of hydrogen-bond acceptors (Lipinski definition) is 3. The van der Waals surface area contributed by atoms with Gasteiger partial charge in [0.1, 0.15) is 11.6 Å². The predicted molar refractivity (Wildman–Crippen MR) is 106 cm³/mol. The van der Waals surface area contributed by atoms with Crippen molar-refractivity contribution in [1.29, 1.82) is 0 Å². The molecule has 1 aliphatic heterocycles. The summed E-state index contributed by atoms with van der Waals surface area (Å²) in [6.45, 7) is 4.59. The van der Waals surface area contributed by atoms with Gasteiger partial charge in [-0.05, 0) is 53.1 Å². The molecule has 0 aliphatic carbocycles. The molecule has 2 aromatic carbocycles. The molecule has 0 spiro atoms. The zero-order valence-corrected chi connectivity index (χ0v) is 15.6. The maximum absolute atomic E-state index is 13.4. The van der Waals surface area contributed by atoms with Crippen LogP contribution in [0.5, 0.6) is 0 Å². The third-order valence-corrected chi connectivity index (χ3v) is 5.30. The van der Waals surface area contributed by atoms with Gasteiger partial charge in [-0.25, -0.2) is 8.78 Å². The van der Waals surface area contributed by atoms with Crippen molar-refractivity contribution in [3.63, 3.8) is 0 Å². The molecule has 4 rings (SSSR count). The van der Waals surface area contributed by atoms with Gasteiger partial charge in [0.2, 0.25) is 0 Å². The number of piperazine rings is 1. The summed E-state index contributed by atoms with van der Waals surface area (Å²) < 4.78 is 26.9. The van der Waals surface area contributed by atoms with Crippen molar-refractivity contribution in [1.82, 2.24) is 14.8 Å². The van der Waals surface area contributed by atoms with Gasteiger partial charge >= 0.3 is 0 Å². The van der Waals surface area contributed by atoms with E-state index in [4.69, 9.17) is 0 Å². The third-order valence-electron chi connectivity index (χ3n) is 5.30. The lowest BCUT2D eigenvalue weighted by Crippen LogP contribution is -2.47. The molecule has 28 heavy (non-hydrogen) atoms. The first kappa shape index (κ1) is 18.7. The van der Waals surface area contributed by atoms with Crippen molar-refractivity contribution in [2.75, 3.05) is 26.2 Å². The number of rotatable bonds is 5. The Morgan fingerprint density at radius 1 is 0.714 bits per heavy atom. The summed E-state index contributed by atoms with van der Waals surface area (Å²) in [5.41, 5.74) is 3.31. The third kappa shape index (κ3) is 4.43. The standard InChI is InChI=1S/C23H23F2N3/c24-21-5-1-19(2-6-21)23(20-3-7-22(25)8-4-20)28-15-13-27(14-16-28)17-18-9-11-26-12-10-18/h1-12,23H,13-17H2. The molecule has 5 heteroatoms. The molecule has 1 aliphatic rings. The van der Waals surface area contributed by atoms with E-state index in [0.717, 1.165) is 43.9 Å². The summed E-state index contributed by atoms with van der Waals surface area (Å²) in [6.07, 6.45) is 3.65. The first-order valence-corrected chi connectivity index (χ1v) is 9.55. The van der Waals surface area contributed by atoms with Gasteiger partial charge in [-0.15, -0.1) is 0 Å². The summed E-state index contributed by atoms with van der Waals surface area (Å²) in [7, 11) is 0. The van der Waals surface area contributed by atoms with Crippen molar-refractivity contribution < 1.29 is 8.78 Å². The first-order valence-electron chi connectivity index (χ1n) is 9.55. The number of nitrogens with zero attached hydrogens (tertiary/aromatic N) is 3. The van der Waals surface area contributed by atoms with E-state index in [9.17, 15) is 8.78 Å². The molecular formula is C23H23F2N3. The fourth-order valence-electron chi connectivity index (χ4n) is 3.83. The average Bonchev–Trinajstić information content (AvgIpc) is 2.73. The summed E-state index contributed by atoms with van der Waals surface area (Å²) in [6, 6.07) is 17.4. The van der Waals surface area contributed by atoms with Crippen molar-refractivity contribution in [3.8, 4) is 0 Å². The van der Waals surface area contributed by atoms with Gasteiger partial charge in [-0.2, -0.15) is 0 Å². The highest BCUT2D eigenvalue weighted by Gasteiger charge is 2.26. The van der Waals surface area contributed by atoms with Crippen molar-refractivity contribution in [2.45, 2.75) is 12.6 Å². The molecule has 0 amide bonds. The van der Waals surface area contributed by atoms with E-state index < -0.39 is 0 Å². The monoisotopic (exact) mass is 379 g/mol. The molecule has 1 aromatic heterocycles. The van der Waals surface area contributed by atoms with Gasteiger partial charge < -0.3 is 0 Å². The van der Waals surface area contributed by atoms with Crippen LogP contribution in [0.2, 0.25) is 0 Å². The van der Waals surface area contributed by atoms with Crippen LogP contribution in [0, 0.1) is 11.6 Å². The second-order valence-electron chi connectivity index (χ2n) is 7.17. The zero-order chi connectivity index (χ0) is 19.3. The summed E-state index contributed by atoms with van der Waals surface area (Å²) in [5, 5.41) is 0. The quantitative estimate of drug-likeness (QED) is 0.660. The van der Waals surface area contributed by atoms with Crippen molar-refractivity contribution in [3.05, 3.63) is 101 Å². The fraction of sp³-hybridized carbons (Fsp3) is 0.261. The van der Waals surface area contributed by atoms with E-state index in [-0.39, 0.29) is 17.7 Å². The molecule has 0 unspecified atom stereocenters. The van der Waals surface area contributed by atoms with Crippen molar-refractivity contribution >= 4 is 0 Å². The SMILES string of the molecule is Fc1ccc(C(c2ccc(F)cc2)N2CCN(Cc3ccncc3)CC2)cc1. The number of aromatic nitrogens is 1. The van der Waals surface area contributed by atoms with Crippen LogP contribution < -0.4 is 0 Å². The molecule has 144 valence electrons. The highest BCUT2D eigenvalue weighted by molar-refractivity contribution is 5.32. The summed E-state index contributed by atoms with van der Waals surface area (Å²) in [4.78, 5) is 8.89. The lowest BCUT2D eigenvalue weighted by molar-refractivity contribution is 0.105.